The quantitative estimate of drug-likeness (QED) is 0.538. The van der Waals surface area contributed by atoms with Crippen LogP contribution in [0, 0.1) is 0 Å². The van der Waals surface area contributed by atoms with E-state index in [1.807, 2.05) is 0 Å². The number of hydrogen-bond donors (Lipinski definition) is 0. The van der Waals surface area contributed by atoms with E-state index < -0.39 is 0 Å². The smallest absolute Gasteiger partial charge is 0.306 e. The van der Waals surface area contributed by atoms with Gasteiger partial charge in [-0.1, -0.05) is 12.1 Å². The lowest BCUT2D eigenvalue weighted by Crippen LogP contribution is -2.14. The van der Waals surface area contributed by atoms with Gasteiger partial charge in [-0.15, -0.1) is 0 Å². The Morgan fingerprint density at radius 1 is 1.15 bits per heavy atom. The summed E-state index contributed by atoms with van der Waals surface area (Å²) in [7, 11) is 0. The van der Waals surface area contributed by atoms with Crippen molar-refractivity contribution in [3.8, 4) is 5.75 Å². The van der Waals surface area contributed by atoms with Gasteiger partial charge in [0.15, 0.2) is 11.6 Å². The summed E-state index contributed by atoms with van der Waals surface area (Å²) in [6.45, 7) is 3.36. The van der Waals surface area contributed by atoms with Crippen LogP contribution in [0.5, 0.6) is 5.75 Å². The third kappa shape index (κ3) is 5.65. The van der Waals surface area contributed by atoms with Crippen molar-refractivity contribution >= 4 is 17.5 Å². The lowest BCUT2D eigenvalue weighted by Gasteiger charge is -2.06. The van der Waals surface area contributed by atoms with Gasteiger partial charge < -0.3 is 9.47 Å². The van der Waals surface area contributed by atoms with Crippen molar-refractivity contribution in [1.29, 1.82) is 0 Å². The third-order valence-corrected chi connectivity index (χ3v) is 2.55. The van der Waals surface area contributed by atoms with Gasteiger partial charge in [0.2, 0.25) is 0 Å². The summed E-state index contributed by atoms with van der Waals surface area (Å²) in [5.74, 6) is -0.183. The van der Waals surface area contributed by atoms with Gasteiger partial charge >= 0.3 is 5.97 Å². The molecule has 5 heteroatoms. The van der Waals surface area contributed by atoms with Crippen LogP contribution in [-0.4, -0.2) is 30.7 Å². The zero-order valence-corrected chi connectivity index (χ0v) is 11.7. The number of carbonyl (C=O) groups excluding carboxylic acids is 3. The number of hydrogen-bond acceptors (Lipinski definition) is 5. The second kappa shape index (κ2) is 8.09. The third-order valence-electron chi connectivity index (χ3n) is 2.55. The minimum Gasteiger partial charge on any atom is -0.486 e. The van der Waals surface area contributed by atoms with E-state index in [2.05, 4.69) is 0 Å². The number of carbonyl (C=O) groups is 3. The average molecular weight is 278 g/mol. The number of rotatable bonds is 8. The van der Waals surface area contributed by atoms with Crippen molar-refractivity contribution in [2.75, 3.05) is 13.2 Å². The maximum atomic E-state index is 11.5. The van der Waals surface area contributed by atoms with E-state index in [4.69, 9.17) is 9.47 Å². The van der Waals surface area contributed by atoms with Gasteiger partial charge in [0.25, 0.3) is 0 Å². The van der Waals surface area contributed by atoms with E-state index in [0.29, 0.717) is 17.9 Å². The van der Waals surface area contributed by atoms with Crippen LogP contribution in [0.1, 0.15) is 37.0 Å². The standard InChI is InChI=1S/C15H18O5/c1-3-19-15(18)8-7-13(17)10-20-14-6-4-5-12(9-14)11(2)16/h4-6,9H,3,7-8,10H2,1-2H3. The zero-order chi connectivity index (χ0) is 15.0. The summed E-state index contributed by atoms with van der Waals surface area (Å²) in [4.78, 5) is 33.8. The Morgan fingerprint density at radius 3 is 2.55 bits per heavy atom. The number of Topliss-reactive ketones (excluding diaryl/α,β-unsaturated/α-hetero) is 2. The molecular weight excluding hydrogens is 260 g/mol. The van der Waals surface area contributed by atoms with Crippen LogP contribution in [-0.2, 0) is 14.3 Å². The lowest BCUT2D eigenvalue weighted by molar-refractivity contribution is -0.144. The van der Waals surface area contributed by atoms with Crippen LogP contribution in [0.4, 0.5) is 0 Å². The van der Waals surface area contributed by atoms with Crippen LogP contribution >= 0.6 is 0 Å². The van der Waals surface area contributed by atoms with Gasteiger partial charge in [-0.25, -0.2) is 0 Å². The molecule has 0 bridgehead atoms. The molecule has 0 radical (unpaired) electrons. The molecule has 1 rings (SSSR count). The van der Waals surface area contributed by atoms with Crippen LogP contribution in [0.15, 0.2) is 24.3 Å². The van der Waals surface area contributed by atoms with E-state index >= 15 is 0 Å². The fraction of sp³-hybridized carbons (Fsp3) is 0.400. The van der Waals surface area contributed by atoms with E-state index in [1.54, 1.807) is 31.2 Å². The largest absolute Gasteiger partial charge is 0.486 e. The van der Waals surface area contributed by atoms with Crippen molar-refractivity contribution in [3.63, 3.8) is 0 Å². The Kier molecular flexibility index (Phi) is 6.43. The minimum atomic E-state index is -0.389. The second-order valence-electron chi connectivity index (χ2n) is 4.22. The number of esters is 1. The number of ketones is 2. The Balaban J connectivity index is 2.39. The first kappa shape index (κ1) is 15.9. The average Bonchev–Trinajstić information content (AvgIpc) is 2.43. The van der Waals surface area contributed by atoms with Crippen molar-refractivity contribution in [2.45, 2.75) is 26.7 Å². The van der Waals surface area contributed by atoms with E-state index in [0.717, 1.165) is 0 Å². The molecule has 0 unspecified atom stereocenters. The Hall–Kier alpha value is -2.17. The molecule has 0 spiro atoms. The fourth-order valence-electron chi connectivity index (χ4n) is 1.52. The molecule has 1 aromatic carbocycles. The highest BCUT2D eigenvalue weighted by Crippen LogP contribution is 2.13. The molecular formula is C15H18O5. The predicted octanol–water partition coefficient (Wildman–Crippen LogP) is 2.18. The first-order valence-electron chi connectivity index (χ1n) is 6.44. The normalized spacial score (nSPS) is 9.90. The molecule has 0 aliphatic rings. The van der Waals surface area contributed by atoms with Crippen LogP contribution in [0.2, 0.25) is 0 Å². The monoisotopic (exact) mass is 278 g/mol. The molecule has 0 atom stereocenters. The second-order valence-corrected chi connectivity index (χ2v) is 4.22. The first-order valence-corrected chi connectivity index (χ1v) is 6.44. The molecule has 0 saturated heterocycles. The minimum absolute atomic E-state index is 0.0590. The topological polar surface area (TPSA) is 69.7 Å². The molecule has 0 fully saturated rings. The molecule has 0 aliphatic heterocycles. The maximum absolute atomic E-state index is 11.5. The number of ether oxygens (including phenoxy) is 2. The van der Waals surface area contributed by atoms with Crippen molar-refractivity contribution in [1.82, 2.24) is 0 Å². The highest BCUT2D eigenvalue weighted by molar-refractivity contribution is 5.94. The molecule has 5 nitrogen and oxygen atoms in total. The Morgan fingerprint density at radius 2 is 1.90 bits per heavy atom. The summed E-state index contributed by atoms with van der Waals surface area (Å²) in [6.07, 6.45) is 0.148. The summed E-state index contributed by atoms with van der Waals surface area (Å²) in [5.41, 5.74) is 0.529. The highest BCUT2D eigenvalue weighted by Gasteiger charge is 2.09. The molecule has 0 saturated carbocycles. The Labute approximate surface area is 117 Å². The summed E-state index contributed by atoms with van der Waals surface area (Å²) < 4.78 is 10.0. The van der Waals surface area contributed by atoms with Gasteiger partial charge in [-0.05, 0) is 26.0 Å². The number of benzene rings is 1. The predicted molar refractivity (Wildman–Crippen MR) is 72.8 cm³/mol. The molecule has 0 amide bonds. The van der Waals surface area contributed by atoms with Gasteiger partial charge in [-0.2, -0.15) is 0 Å². The molecule has 108 valence electrons. The highest BCUT2D eigenvalue weighted by atomic mass is 16.5. The molecule has 20 heavy (non-hydrogen) atoms. The van der Waals surface area contributed by atoms with Gasteiger partial charge in [0.1, 0.15) is 12.4 Å². The van der Waals surface area contributed by atoms with E-state index in [9.17, 15) is 14.4 Å². The van der Waals surface area contributed by atoms with Crippen LogP contribution in [0.3, 0.4) is 0 Å². The van der Waals surface area contributed by atoms with Crippen LogP contribution < -0.4 is 4.74 Å². The van der Waals surface area contributed by atoms with E-state index in [-0.39, 0.29) is 37.0 Å². The fourth-order valence-corrected chi connectivity index (χ4v) is 1.52. The molecule has 0 aromatic heterocycles. The van der Waals surface area contributed by atoms with Crippen molar-refractivity contribution < 1.29 is 23.9 Å². The van der Waals surface area contributed by atoms with Crippen molar-refractivity contribution in [3.05, 3.63) is 29.8 Å². The maximum Gasteiger partial charge on any atom is 0.306 e. The van der Waals surface area contributed by atoms with E-state index in [1.165, 1.54) is 6.92 Å². The Bertz CT molecular complexity index is 493. The summed E-state index contributed by atoms with van der Waals surface area (Å²) in [6, 6.07) is 6.62. The molecule has 1 aromatic rings. The SMILES string of the molecule is CCOC(=O)CCC(=O)COc1cccc(C(C)=O)c1. The first-order chi connectivity index (χ1) is 9.52. The molecule has 0 heterocycles. The summed E-state index contributed by atoms with van der Waals surface area (Å²) >= 11 is 0. The van der Waals surface area contributed by atoms with Crippen LogP contribution in [0.25, 0.3) is 0 Å². The van der Waals surface area contributed by atoms with Gasteiger partial charge in [0.05, 0.1) is 13.0 Å². The summed E-state index contributed by atoms with van der Waals surface area (Å²) in [5, 5.41) is 0. The van der Waals surface area contributed by atoms with Crippen molar-refractivity contribution in [2.24, 2.45) is 0 Å². The molecule has 0 aliphatic carbocycles. The van der Waals surface area contributed by atoms with Gasteiger partial charge in [-0.3, -0.25) is 14.4 Å². The zero-order valence-electron chi connectivity index (χ0n) is 11.7. The lowest BCUT2D eigenvalue weighted by atomic mass is 10.1. The molecule has 0 N–H and O–H groups in total. The van der Waals surface area contributed by atoms with Gasteiger partial charge in [0, 0.05) is 12.0 Å².